The van der Waals surface area contributed by atoms with Crippen molar-refractivity contribution in [1.29, 1.82) is 0 Å². The number of esters is 1. The fourth-order valence-electron chi connectivity index (χ4n) is 1.11. The molecule has 14 heavy (non-hydrogen) atoms. The first-order chi connectivity index (χ1) is 6.56. The highest BCUT2D eigenvalue weighted by Gasteiger charge is 2.20. The summed E-state index contributed by atoms with van der Waals surface area (Å²) in [7, 11) is 1.25. The minimum atomic E-state index is -1.23. The predicted molar refractivity (Wildman–Crippen MR) is 55.9 cm³/mol. The Bertz CT molecular complexity index is 349. The molecule has 0 amide bonds. The van der Waals surface area contributed by atoms with Crippen molar-refractivity contribution in [2.75, 3.05) is 7.11 Å². The smallest absolute Gasteiger partial charge is 0.339 e. The van der Waals surface area contributed by atoms with Crippen LogP contribution >= 0.6 is 15.9 Å². The van der Waals surface area contributed by atoms with Gasteiger partial charge in [-0.2, -0.15) is 0 Å². The summed E-state index contributed by atoms with van der Waals surface area (Å²) in [5.74, 6) is -0.656. The van der Waals surface area contributed by atoms with Crippen LogP contribution in [0.25, 0.3) is 0 Å². The highest BCUT2D eigenvalue weighted by Crippen LogP contribution is 2.25. The van der Waals surface area contributed by atoms with E-state index in [4.69, 9.17) is 0 Å². The van der Waals surface area contributed by atoms with Crippen molar-refractivity contribution in [3.05, 3.63) is 33.8 Å². The highest BCUT2D eigenvalue weighted by molar-refractivity contribution is 9.10. The maximum Gasteiger partial charge on any atom is 0.339 e. The second-order valence-corrected chi connectivity index (χ2v) is 3.81. The number of carbonyl (C=O) groups excluding carboxylic acids is 1. The number of ether oxygens (including phenoxy) is 1. The van der Waals surface area contributed by atoms with Gasteiger partial charge in [-0.25, -0.2) is 4.79 Å². The fraction of sp³-hybridized carbons (Fsp3) is 0.300. The first-order valence-electron chi connectivity index (χ1n) is 4.08. The zero-order chi connectivity index (χ0) is 10.7. The summed E-state index contributed by atoms with van der Waals surface area (Å²) in [6, 6.07) is 5.42. The molecular formula is C10H11BrO3. The van der Waals surface area contributed by atoms with Crippen LogP contribution in [-0.2, 0) is 9.53 Å². The topological polar surface area (TPSA) is 46.5 Å². The van der Waals surface area contributed by atoms with Crippen LogP contribution in [0, 0.1) is 6.92 Å². The number of aliphatic hydroxyl groups excluding tert-OH is 1. The SMILES string of the molecule is COC(=O)C(O)c1cc(C)ccc1Br. The molecule has 1 unspecified atom stereocenters. The summed E-state index contributed by atoms with van der Waals surface area (Å²) in [6.45, 7) is 1.89. The van der Waals surface area contributed by atoms with Crippen LogP contribution in [0.15, 0.2) is 22.7 Å². The van der Waals surface area contributed by atoms with E-state index in [1.165, 1.54) is 7.11 Å². The Hall–Kier alpha value is -0.870. The molecule has 0 saturated heterocycles. The molecule has 0 aliphatic heterocycles. The predicted octanol–water partition coefficient (Wildman–Crippen LogP) is 1.96. The van der Waals surface area contributed by atoms with Gasteiger partial charge in [0.05, 0.1) is 7.11 Å². The average Bonchev–Trinajstić information content (AvgIpc) is 2.19. The van der Waals surface area contributed by atoms with Gasteiger partial charge < -0.3 is 9.84 Å². The quantitative estimate of drug-likeness (QED) is 0.826. The van der Waals surface area contributed by atoms with Gasteiger partial charge >= 0.3 is 5.97 Å². The van der Waals surface area contributed by atoms with Gasteiger partial charge in [0.15, 0.2) is 6.10 Å². The van der Waals surface area contributed by atoms with Crippen molar-refractivity contribution in [3.63, 3.8) is 0 Å². The zero-order valence-electron chi connectivity index (χ0n) is 7.95. The van der Waals surface area contributed by atoms with Gasteiger partial charge in [-0.3, -0.25) is 0 Å². The molecule has 0 spiro atoms. The molecule has 1 atom stereocenters. The summed E-state index contributed by atoms with van der Waals surface area (Å²) in [5, 5.41) is 9.59. The van der Waals surface area contributed by atoms with Crippen molar-refractivity contribution >= 4 is 21.9 Å². The van der Waals surface area contributed by atoms with Crippen molar-refractivity contribution in [3.8, 4) is 0 Å². The molecule has 0 saturated carbocycles. The standard InChI is InChI=1S/C10H11BrO3/c1-6-3-4-8(11)7(5-6)9(12)10(13)14-2/h3-5,9,12H,1-2H3. The number of aryl methyl sites for hydroxylation is 1. The Labute approximate surface area is 90.8 Å². The second-order valence-electron chi connectivity index (χ2n) is 2.95. The number of carbonyl (C=O) groups is 1. The highest BCUT2D eigenvalue weighted by atomic mass is 79.9. The average molecular weight is 259 g/mol. The molecule has 76 valence electrons. The normalized spacial score (nSPS) is 12.3. The van der Waals surface area contributed by atoms with Gasteiger partial charge in [-0.05, 0) is 13.0 Å². The molecule has 0 heterocycles. The van der Waals surface area contributed by atoms with Crippen molar-refractivity contribution in [2.45, 2.75) is 13.0 Å². The second kappa shape index (κ2) is 4.57. The Kier molecular flexibility index (Phi) is 3.66. The van der Waals surface area contributed by atoms with Gasteiger partial charge in [0, 0.05) is 10.0 Å². The summed E-state index contributed by atoms with van der Waals surface area (Å²) in [6.07, 6.45) is -1.23. The molecule has 1 N–H and O–H groups in total. The number of halogens is 1. The Balaban J connectivity index is 3.05. The van der Waals surface area contributed by atoms with Crippen LogP contribution in [-0.4, -0.2) is 18.2 Å². The molecule has 0 aliphatic rings. The summed E-state index contributed by atoms with van der Waals surface area (Å²) >= 11 is 3.26. The van der Waals surface area contributed by atoms with E-state index in [9.17, 15) is 9.90 Å². The Morgan fingerprint density at radius 1 is 1.57 bits per heavy atom. The summed E-state index contributed by atoms with van der Waals surface area (Å²) in [5.41, 5.74) is 1.50. The van der Waals surface area contributed by atoms with E-state index in [2.05, 4.69) is 20.7 Å². The van der Waals surface area contributed by atoms with E-state index in [1.807, 2.05) is 13.0 Å². The van der Waals surface area contributed by atoms with Gasteiger partial charge in [0.2, 0.25) is 0 Å². The Morgan fingerprint density at radius 2 is 2.21 bits per heavy atom. The zero-order valence-corrected chi connectivity index (χ0v) is 9.54. The molecule has 1 aromatic rings. The van der Waals surface area contributed by atoms with Crippen molar-refractivity contribution in [1.82, 2.24) is 0 Å². The third-order valence-electron chi connectivity index (χ3n) is 1.87. The molecule has 0 aromatic heterocycles. The van der Waals surface area contributed by atoms with Crippen molar-refractivity contribution < 1.29 is 14.6 Å². The molecule has 1 aromatic carbocycles. The van der Waals surface area contributed by atoms with E-state index in [1.54, 1.807) is 12.1 Å². The van der Waals surface area contributed by atoms with Gasteiger partial charge in [0.25, 0.3) is 0 Å². The molecule has 3 nitrogen and oxygen atoms in total. The fourth-order valence-corrected chi connectivity index (χ4v) is 1.57. The Morgan fingerprint density at radius 3 is 2.79 bits per heavy atom. The van der Waals surface area contributed by atoms with Gasteiger partial charge in [-0.15, -0.1) is 0 Å². The van der Waals surface area contributed by atoms with E-state index in [0.29, 0.717) is 10.0 Å². The van der Waals surface area contributed by atoms with Gasteiger partial charge in [0.1, 0.15) is 0 Å². The number of hydrogen-bond acceptors (Lipinski definition) is 3. The number of hydrogen-bond donors (Lipinski definition) is 1. The van der Waals surface area contributed by atoms with Crippen LogP contribution in [0.4, 0.5) is 0 Å². The minimum Gasteiger partial charge on any atom is -0.467 e. The molecule has 4 heteroatoms. The third-order valence-corrected chi connectivity index (χ3v) is 2.59. The van der Waals surface area contributed by atoms with Gasteiger partial charge in [-0.1, -0.05) is 33.6 Å². The molecule has 0 fully saturated rings. The number of rotatable bonds is 2. The lowest BCUT2D eigenvalue weighted by atomic mass is 10.1. The van der Waals surface area contributed by atoms with E-state index in [0.717, 1.165) is 5.56 Å². The van der Waals surface area contributed by atoms with Crippen LogP contribution in [0.2, 0.25) is 0 Å². The van der Waals surface area contributed by atoms with Crippen LogP contribution in [0.3, 0.4) is 0 Å². The van der Waals surface area contributed by atoms with Crippen molar-refractivity contribution in [2.24, 2.45) is 0 Å². The third kappa shape index (κ3) is 2.33. The number of methoxy groups -OCH3 is 1. The molecule has 0 aliphatic carbocycles. The minimum absolute atomic E-state index is 0.525. The summed E-state index contributed by atoms with van der Waals surface area (Å²) in [4.78, 5) is 11.1. The largest absolute Gasteiger partial charge is 0.467 e. The number of aliphatic hydroxyl groups is 1. The summed E-state index contributed by atoms with van der Waals surface area (Å²) < 4.78 is 5.15. The molecule has 0 bridgehead atoms. The molecular weight excluding hydrogens is 248 g/mol. The lowest BCUT2D eigenvalue weighted by Gasteiger charge is -2.11. The first-order valence-corrected chi connectivity index (χ1v) is 4.87. The van der Waals surface area contributed by atoms with E-state index in [-0.39, 0.29) is 0 Å². The van der Waals surface area contributed by atoms with E-state index >= 15 is 0 Å². The van der Waals surface area contributed by atoms with Crippen LogP contribution in [0.1, 0.15) is 17.2 Å². The lowest BCUT2D eigenvalue weighted by Crippen LogP contribution is -2.14. The van der Waals surface area contributed by atoms with Crippen LogP contribution < -0.4 is 0 Å². The van der Waals surface area contributed by atoms with Crippen LogP contribution in [0.5, 0.6) is 0 Å². The maximum absolute atomic E-state index is 11.1. The van der Waals surface area contributed by atoms with E-state index < -0.39 is 12.1 Å². The monoisotopic (exact) mass is 258 g/mol. The first kappa shape index (κ1) is 11.2. The number of benzene rings is 1. The maximum atomic E-state index is 11.1. The molecule has 0 radical (unpaired) electrons. The lowest BCUT2D eigenvalue weighted by molar-refractivity contribution is -0.150. The molecule has 1 rings (SSSR count).